The number of hydrogen-bond acceptors (Lipinski definition) is 3. The highest BCUT2D eigenvalue weighted by atomic mass is 16.3. The van der Waals surface area contributed by atoms with Gasteiger partial charge in [0.15, 0.2) is 0 Å². The van der Waals surface area contributed by atoms with Gasteiger partial charge in [-0.25, -0.2) is 0 Å². The van der Waals surface area contributed by atoms with Crippen molar-refractivity contribution in [2.45, 2.75) is 38.2 Å². The molecule has 0 aliphatic heterocycles. The molecule has 2 heterocycles. The first-order chi connectivity index (χ1) is 9.31. The third-order valence-corrected chi connectivity index (χ3v) is 4.02. The Morgan fingerprint density at radius 3 is 3.11 bits per heavy atom. The molecule has 0 saturated heterocycles. The molecule has 1 N–H and O–H groups in total. The Labute approximate surface area is 113 Å². The summed E-state index contributed by atoms with van der Waals surface area (Å²) in [6.07, 6.45) is 7.82. The first kappa shape index (κ1) is 12.3. The lowest BCUT2D eigenvalue weighted by molar-refractivity contribution is 0.142. The number of aliphatic hydroxyl groups excluding tert-OH is 1. The molecule has 0 spiro atoms. The Hall–Kier alpha value is -1.74. The van der Waals surface area contributed by atoms with E-state index in [1.165, 1.54) is 5.56 Å². The van der Waals surface area contributed by atoms with E-state index in [0.717, 1.165) is 36.1 Å². The molecule has 3 heteroatoms. The molecular weight excluding hydrogens is 236 g/mol. The molecule has 0 saturated carbocycles. The molecule has 0 bridgehead atoms. The maximum Gasteiger partial charge on any atom is 0.0877 e. The number of hydrogen-bond donors (Lipinski definition) is 1. The summed E-state index contributed by atoms with van der Waals surface area (Å²) in [5.74, 6) is 0.115. The normalized spacial score (nSPS) is 19.2. The van der Waals surface area contributed by atoms with Crippen molar-refractivity contribution < 1.29 is 5.11 Å². The summed E-state index contributed by atoms with van der Waals surface area (Å²) in [5, 5.41) is 10.7. The van der Waals surface area contributed by atoms with Crippen LogP contribution in [0.25, 0.3) is 0 Å². The second kappa shape index (κ2) is 5.10. The smallest absolute Gasteiger partial charge is 0.0877 e. The summed E-state index contributed by atoms with van der Waals surface area (Å²) in [4.78, 5) is 8.61. The predicted octanol–water partition coefficient (Wildman–Crippen LogP) is 2.80. The first-order valence-corrected chi connectivity index (χ1v) is 6.86. The van der Waals surface area contributed by atoms with Gasteiger partial charge < -0.3 is 5.11 Å². The highest BCUT2D eigenvalue weighted by molar-refractivity contribution is 5.34. The number of aryl methyl sites for hydroxylation is 2. The zero-order valence-corrected chi connectivity index (χ0v) is 11.1. The third-order valence-electron chi connectivity index (χ3n) is 4.02. The Morgan fingerprint density at radius 2 is 2.26 bits per heavy atom. The molecule has 2 atom stereocenters. The number of aromatic nitrogens is 2. The van der Waals surface area contributed by atoms with Gasteiger partial charge in [-0.15, -0.1) is 0 Å². The van der Waals surface area contributed by atoms with Crippen molar-refractivity contribution in [3.05, 3.63) is 59.2 Å². The van der Waals surface area contributed by atoms with Crippen LogP contribution in [0.3, 0.4) is 0 Å². The van der Waals surface area contributed by atoms with Crippen LogP contribution in [0.5, 0.6) is 0 Å². The van der Waals surface area contributed by atoms with Crippen LogP contribution in [0.1, 0.15) is 47.8 Å². The molecule has 2 aromatic heterocycles. The standard InChI is InChI=1S/C16H18N2O/c1-2-11-10-17-9-7-13(11)16(19)14-6-5-12-4-3-8-18-15(12)14/h3-4,7-10,14,16,19H,2,5-6H2,1H3. The quantitative estimate of drug-likeness (QED) is 0.916. The molecule has 2 aromatic rings. The highest BCUT2D eigenvalue weighted by Gasteiger charge is 2.31. The van der Waals surface area contributed by atoms with Gasteiger partial charge in [-0.1, -0.05) is 13.0 Å². The molecule has 3 nitrogen and oxygen atoms in total. The van der Waals surface area contributed by atoms with Crippen LogP contribution in [0.4, 0.5) is 0 Å². The molecule has 98 valence electrons. The monoisotopic (exact) mass is 254 g/mol. The number of pyridine rings is 2. The molecule has 3 rings (SSSR count). The summed E-state index contributed by atoms with van der Waals surface area (Å²) < 4.78 is 0. The van der Waals surface area contributed by atoms with Crippen molar-refractivity contribution in [2.75, 3.05) is 0 Å². The maximum atomic E-state index is 10.7. The van der Waals surface area contributed by atoms with Crippen LogP contribution >= 0.6 is 0 Å². The van der Waals surface area contributed by atoms with Crippen molar-refractivity contribution in [1.29, 1.82) is 0 Å². The van der Waals surface area contributed by atoms with E-state index >= 15 is 0 Å². The van der Waals surface area contributed by atoms with E-state index in [1.807, 2.05) is 24.5 Å². The number of fused-ring (bicyclic) bond motifs is 1. The Balaban J connectivity index is 1.95. The zero-order chi connectivity index (χ0) is 13.2. The van der Waals surface area contributed by atoms with Crippen LogP contribution < -0.4 is 0 Å². The molecule has 0 fully saturated rings. The zero-order valence-electron chi connectivity index (χ0n) is 11.1. The van der Waals surface area contributed by atoms with E-state index in [-0.39, 0.29) is 5.92 Å². The Morgan fingerprint density at radius 1 is 1.37 bits per heavy atom. The average molecular weight is 254 g/mol. The second-order valence-corrected chi connectivity index (χ2v) is 5.07. The van der Waals surface area contributed by atoms with Gasteiger partial charge in [-0.3, -0.25) is 9.97 Å². The van der Waals surface area contributed by atoms with Crippen molar-refractivity contribution in [3.63, 3.8) is 0 Å². The fourth-order valence-electron chi connectivity index (χ4n) is 2.99. The van der Waals surface area contributed by atoms with Crippen LogP contribution in [-0.4, -0.2) is 15.1 Å². The number of nitrogens with zero attached hydrogens (tertiary/aromatic N) is 2. The fraction of sp³-hybridized carbons (Fsp3) is 0.375. The number of rotatable bonds is 3. The number of aliphatic hydroxyl groups is 1. The average Bonchev–Trinajstić information content (AvgIpc) is 2.90. The summed E-state index contributed by atoms with van der Waals surface area (Å²) in [6.45, 7) is 2.09. The summed E-state index contributed by atoms with van der Waals surface area (Å²) in [6, 6.07) is 6.02. The molecular formula is C16H18N2O. The van der Waals surface area contributed by atoms with Crippen LogP contribution in [-0.2, 0) is 12.8 Å². The fourth-order valence-corrected chi connectivity index (χ4v) is 2.99. The molecule has 19 heavy (non-hydrogen) atoms. The van der Waals surface area contributed by atoms with Gasteiger partial charge in [0.05, 0.1) is 6.10 Å². The molecule has 1 aliphatic carbocycles. The van der Waals surface area contributed by atoms with Crippen molar-refractivity contribution in [3.8, 4) is 0 Å². The van der Waals surface area contributed by atoms with E-state index < -0.39 is 6.10 Å². The van der Waals surface area contributed by atoms with E-state index in [9.17, 15) is 5.11 Å². The molecule has 0 radical (unpaired) electrons. The summed E-state index contributed by atoms with van der Waals surface area (Å²) >= 11 is 0. The summed E-state index contributed by atoms with van der Waals surface area (Å²) in [7, 11) is 0. The van der Waals surface area contributed by atoms with Gasteiger partial charge in [0.25, 0.3) is 0 Å². The predicted molar refractivity (Wildman–Crippen MR) is 73.9 cm³/mol. The van der Waals surface area contributed by atoms with Crippen molar-refractivity contribution in [1.82, 2.24) is 9.97 Å². The lowest BCUT2D eigenvalue weighted by Gasteiger charge is -2.21. The topological polar surface area (TPSA) is 46.0 Å². The van der Waals surface area contributed by atoms with Crippen molar-refractivity contribution in [2.24, 2.45) is 0 Å². The SMILES string of the molecule is CCc1cnccc1C(O)C1CCc2cccnc21. The van der Waals surface area contributed by atoms with Crippen molar-refractivity contribution >= 4 is 0 Å². The first-order valence-electron chi connectivity index (χ1n) is 6.86. The summed E-state index contributed by atoms with van der Waals surface area (Å²) in [5.41, 5.74) is 4.47. The minimum Gasteiger partial charge on any atom is -0.388 e. The van der Waals surface area contributed by atoms with Crippen LogP contribution in [0, 0.1) is 0 Å². The van der Waals surface area contributed by atoms with E-state index in [1.54, 1.807) is 6.20 Å². The molecule has 0 amide bonds. The minimum atomic E-state index is -0.478. The van der Waals surface area contributed by atoms with Crippen LogP contribution in [0.15, 0.2) is 36.8 Å². The van der Waals surface area contributed by atoms with E-state index in [4.69, 9.17) is 0 Å². The lowest BCUT2D eigenvalue weighted by atomic mass is 9.91. The van der Waals surface area contributed by atoms with Gasteiger partial charge >= 0.3 is 0 Å². The maximum absolute atomic E-state index is 10.7. The van der Waals surface area contributed by atoms with Crippen LogP contribution in [0.2, 0.25) is 0 Å². The lowest BCUT2D eigenvalue weighted by Crippen LogP contribution is -2.11. The molecule has 2 unspecified atom stereocenters. The minimum absolute atomic E-state index is 0.115. The van der Waals surface area contributed by atoms with E-state index in [0.29, 0.717) is 0 Å². The highest BCUT2D eigenvalue weighted by Crippen LogP contribution is 2.40. The second-order valence-electron chi connectivity index (χ2n) is 5.07. The van der Waals surface area contributed by atoms with Gasteiger partial charge in [0.1, 0.15) is 0 Å². The van der Waals surface area contributed by atoms with Gasteiger partial charge in [-0.05, 0) is 48.1 Å². The largest absolute Gasteiger partial charge is 0.388 e. The van der Waals surface area contributed by atoms with Gasteiger partial charge in [0.2, 0.25) is 0 Å². The Bertz CT molecular complexity index is 582. The van der Waals surface area contributed by atoms with Gasteiger partial charge in [-0.2, -0.15) is 0 Å². The molecule has 1 aliphatic rings. The third kappa shape index (κ3) is 2.15. The molecule has 0 aromatic carbocycles. The van der Waals surface area contributed by atoms with Gasteiger partial charge in [0, 0.05) is 30.2 Å². The Kier molecular flexibility index (Phi) is 3.30. The van der Waals surface area contributed by atoms with E-state index in [2.05, 4.69) is 23.0 Å².